The van der Waals surface area contributed by atoms with Crippen molar-refractivity contribution in [3.05, 3.63) is 124 Å². The average molecular weight is 517 g/mol. The third-order valence-electron chi connectivity index (χ3n) is 5.79. The van der Waals surface area contributed by atoms with Crippen molar-refractivity contribution in [1.82, 2.24) is 0 Å². The molecule has 1 aliphatic rings. The van der Waals surface area contributed by atoms with Crippen LogP contribution in [0.3, 0.4) is 0 Å². The smallest absolute Gasteiger partial charge is 0.270 e. The van der Waals surface area contributed by atoms with Gasteiger partial charge in [-0.2, -0.15) is 0 Å². The Morgan fingerprint density at radius 2 is 1.50 bits per heavy atom. The highest BCUT2D eigenvalue weighted by Crippen LogP contribution is 2.43. The van der Waals surface area contributed by atoms with Gasteiger partial charge < -0.3 is 10.1 Å². The van der Waals surface area contributed by atoms with E-state index in [1.807, 2.05) is 24.3 Å². The molecule has 0 unspecified atom stereocenters. The molecule has 1 heterocycles. The highest BCUT2D eigenvalue weighted by Gasteiger charge is 2.40. The quantitative estimate of drug-likeness (QED) is 0.337. The Kier molecular flexibility index (Phi) is 6.26. The minimum Gasteiger partial charge on any atom is -0.455 e. The summed E-state index contributed by atoms with van der Waals surface area (Å²) >= 11 is 6.30. The number of carbonyl (C=O) groups is 1. The maximum atomic E-state index is 13.7. The van der Waals surface area contributed by atoms with Gasteiger partial charge in [0.1, 0.15) is 5.75 Å². The van der Waals surface area contributed by atoms with Crippen LogP contribution in [0.5, 0.6) is 11.5 Å². The first-order valence-electron chi connectivity index (χ1n) is 11.1. The summed E-state index contributed by atoms with van der Waals surface area (Å²) in [5, 5.41) is 3.19. The number of ether oxygens (including phenoxy) is 1. The fourth-order valence-corrected chi connectivity index (χ4v) is 5.71. The van der Waals surface area contributed by atoms with Crippen molar-refractivity contribution in [2.75, 3.05) is 16.7 Å². The number of nitrogens with zero attached hydrogens (tertiary/aromatic N) is 1. The lowest BCUT2D eigenvalue weighted by Crippen LogP contribution is -2.37. The van der Waals surface area contributed by atoms with Crippen molar-refractivity contribution in [2.24, 2.45) is 0 Å². The van der Waals surface area contributed by atoms with Crippen LogP contribution in [0.25, 0.3) is 5.57 Å². The molecule has 1 N–H and O–H groups in total. The topological polar surface area (TPSA) is 75.7 Å². The molecule has 0 aromatic heterocycles. The molecule has 8 heteroatoms. The number of amides is 1. The number of anilines is 2. The predicted octanol–water partition coefficient (Wildman–Crippen LogP) is 6.31. The van der Waals surface area contributed by atoms with Gasteiger partial charge in [0, 0.05) is 23.2 Å². The van der Waals surface area contributed by atoms with Crippen molar-refractivity contribution in [3.8, 4) is 11.5 Å². The molecular formula is C28H21ClN2O4S. The Hall–Kier alpha value is -4.07. The summed E-state index contributed by atoms with van der Waals surface area (Å²) in [5.41, 5.74) is 2.18. The lowest BCUT2D eigenvalue weighted by Gasteiger charge is -2.31. The van der Waals surface area contributed by atoms with Crippen molar-refractivity contribution >= 4 is 44.5 Å². The summed E-state index contributed by atoms with van der Waals surface area (Å²) in [5.74, 6) is 0.177. The molecule has 4 aromatic rings. The molecule has 0 radical (unpaired) electrons. The van der Waals surface area contributed by atoms with Crippen LogP contribution in [-0.4, -0.2) is 21.4 Å². The van der Waals surface area contributed by atoms with Gasteiger partial charge in [-0.25, -0.2) is 8.42 Å². The third kappa shape index (κ3) is 4.34. The summed E-state index contributed by atoms with van der Waals surface area (Å²) < 4.78 is 34.4. The van der Waals surface area contributed by atoms with Crippen molar-refractivity contribution in [1.29, 1.82) is 0 Å². The van der Waals surface area contributed by atoms with Crippen LogP contribution in [0.15, 0.2) is 108 Å². The maximum absolute atomic E-state index is 13.7. The molecule has 1 aliphatic heterocycles. The third-order valence-corrected chi connectivity index (χ3v) is 7.85. The average Bonchev–Trinajstić information content (AvgIpc) is 2.88. The van der Waals surface area contributed by atoms with E-state index < -0.39 is 15.9 Å². The van der Waals surface area contributed by atoms with E-state index in [1.54, 1.807) is 78.9 Å². The molecule has 0 atom stereocenters. The summed E-state index contributed by atoms with van der Waals surface area (Å²) in [6, 6.07) is 29.8. The van der Waals surface area contributed by atoms with Gasteiger partial charge >= 0.3 is 0 Å². The molecular weight excluding hydrogens is 496 g/mol. The zero-order valence-electron chi connectivity index (χ0n) is 19.2. The van der Waals surface area contributed by atoms with Crippen molar-refractivity contribution in [2.45, 2.75) is 0 Å². The molecule has 1 amide bonds. The van der Waals surface area contributed by atoms with Gasteiger partial charge in [-0.3, -0.25) is 9.10 Å². The zero-order chi connectivity index (χ0) is 25.3. The van der Waals surface area contributed by atoms with Crippen LogP contribution in [0.1, 0.15) is 11.1 Å². The van der Waals surface area contributed by atoms with Crippen LogP contribution in [0, 0.1) is 0 Å². The first-order chi connectivity index (χ1) is 17.4. The van der Waals surface area contributed by atoms with Crippen LogP contribution in [-0.2, 0) is 14.8 Å². The number of hydrogen-bond acceptors (Lipinski definition) is 4. The van der Waals surface area contributed by atoms with E-state index in [4.69, 9.17) is 16.3 Å². The number of benzene rings is 4. The minimum absolute atomic E-state index is 0.283. The van der Waals surface area contributed by atoms with E-state index in [0.29, 0.717) is 39.0 Å². The summed E-state index contributed by atoms with van der Waals surface area (Å²) in [7, 11) is -2.78. The lowest BCUT2D eigenvalue weighted by atomic mass is 9.95. The molecule has 0 bridgehead atoms. The second-order valence-electron chi connectivity index (χ2n) is 8.07. The van der Waals surface area contributed by atoms with E-state index in [2.05, 4.69) is 5.32 Å². The van der Waals surface area contributed by atoms with Gasteiger partial charge in [0.2, 0.25) is 0 Å². The summed E-state index contributed by atoms with van der Waals surface area (Å²) in [6.45, 7) is 0. The molecule has 4 aromatic carbocycles. The monoisotopic (exact) mass is 516 g/mol. The Bertz CT molecular complexity index is 1590. The second-order valence-corrected chi connectivity index (χ2v) is 10.4. The van der Waals surface area contributed by atoms with E-state index in [1.165, 1.54) is 7.05 Å². The Morgan fingerprint density at radius 3 is 2.22 bits per heavy atom. The number of nitrogens with one attached hydrogen (secondary N) is 1. The second kappa shape index (κ2) is 9.53. The highest BCUT2D eigenvalue weighted by molar-refractivity contribution is 7.97. The number of fused-ring (bicyclic) bond motifs is 1. The first kappa shape index (κ1) is 23.7. The SMILES string of the molecule is CN1c2ccc(Cl)cc2C(c2ccccc2)=C(C(=O)Nc2ccccc2Oc2ccccc2)S1(=O)=O. The van der Waals surface area contributed by atoms with Gasteiger partial charge in [-0.15, -0.1) is 0 Å². The molecule has 36 heavy (non-hydrogen) atoms. The fraction of sp³-hybridized carbons (Fsp3) is 0.0357. The molecule has 0 spiro atoms. The number of sulfonamides is 1. The molecule has 0 saturated heterocycles. The van der Waals surface area contributed by atoms with Crippen molar-refractivity contribution in [3.63, 3.8) is 0 Å². The number of hydrogen-bond donors (Lipinski definition) is 1. The summed E-state index contributed by atoms with van der Waals surface area (Å²) in [6.07, 6.45) is 0. The Labute approximate surface area is 214 Å². The molecule has 0 saturated carbocycles. The van der Waals surface area contributed by atoms with E-state index in [-0.39, 0.29) is 10.5 Å². The normalized spacial score (nSPS) is 14.2. The lowest BCUT2D eigenvalue weighted by molar-refractivity contribution is -0.112. The molecule has 180 valence electrons. The molecule has 5 rings (SSSR count). The van der Waals surface area contributed by atoms with Crippen molar-refractivity contribution < 1.29 is 17.9 Å². The minimum atomic E-state index is -4.20. The molecule has 0 aliphatic carbocycles. The first-order valence-corrected chi connectivity index (χ1v) is 12.9. The number of para-hydroxylation sites is 3. The molecule has 0 fully saturated rings. The van der Waals surface area contributed by atoms with Crippen LogP contribution < -0.4 is 14.4 Å². The number of carbonyl (C=O) groups excluding carboxylic acids is 1. The van der Waals surface area contributed by atoms with Gasteiger partial charge in [0.05, 0.1) is 11.4 Å². The van der Waals surface area contributed by atoms with Crippen LogP contribution >= 0.6 is 11.6 Å². The predicted molar refractivity (Wildman–Crippen MR) is 143 cm³/mol. The zero-order valence-corrected chi connectivity index (χ0v) is 20.8. The van der Waals surface area contributed by atoms with E-state index >= 15 is 0 Å². The number of halogens is 1. The molecule has 6 nitrogen and oxygen atoms in total. The Balaban J connectivity index is 1.65. The summed E-state index contributed by atoms with van der Waals surface area (Å²) in [4.78, 5) is 13.4. The van der Waals surface area contributed by atoms with Gasteiger partial charge in [0.25, 0.3) is 15.9 Å². The van der Waals surface area contributed by atoms with Crippen LogP contribution in [0.2, 0.25) is 5.02 Å². The van der Waals surface area contributed by atoms with E-state index in [0.717, 1.165) is 4.31 Å². The van der Waals surface area contributed by atoms with E-state index in [9.17, 15) is 13.2 Å². The fourth-order valence-electron chi connectivity index (χ4n) is 4.08. The highest BCUT2D eigenvalue weighted by atomic mass is 35.5. The maximum Gasteiger partial charge on any atom is 0.270 e. The van der Waals surface area contributed by atoms with Crippen LogP contribution in [0.4, 0.5) is 11.4 Å². The van der Waals surface area contributed by atoms with Gasteiger partial charge in [-0.1, -0.05) is 72.3 Å². The largest absolute Gasteiger partial charge is 0.455 e. The van der Waals surface area contributed by atoms with Gasteiger partial charge in [-0.05, 0) is 48.0 Å². The Morgan fingerprint density at radius 1 is 0.861 bits per heavy atom. The van der Waals surface area contributed by atoms with Gasteiger partial charge in [0.15, 0.2) is 10.7 Å². The standard InChI is InChI=1S/C28H21ClN2O4S/c1-31-24-17-16-20(29)18-22(24)26(19-10-4-2-5-11-19)27(36(31,33)34)28(32)30-23-14-8-9-15-25(23)35-21-12-6-3-7-13-21/h2-18H,1H3,(H,30,32). The number of rotatable bonds is 5.